The molecule has 0 spiro atoms. The number of carbonyl (C=O) groups excluding carboxylic acids is 1. The highest BCUT2D eigenvalue weighted by Gasteiger charge is 2.30. The van der Waals surface area contributed by atoms with Gasteiger partial charge in [0.1, 0.15) is 0 Å². The van der Waals surface area contributed by atoms with E-state index < -0.39 is 31.6 Å². The summed E-state index contributed by atoms with van der Waals surface area (Å²) in [5.74, 6) is -4.51. The van der Waals surface area contributed by atoms with Crippen molar-refractivity contribution in [3.63, 3.8) is 0 Å². The van der Waals surface area contributed by atoms with Gasteiger partial charge in [-0.05, 0) is 12.7 Å². The summed E-state index contributed by atoms with van der Waals surface area (Å²) in [5, 5.41) is 0. The quantitative estimate of drug-likeness (QED) is 0.459. The summed E-state index contributed by atoms with van der Waals surface area (Å²) in [6, 6.07) is 0. The number of hydrogen-bond acceptors (Lipinski definition) is 2. The maximum Gasteiger partial charge on any atom is 0.308 e. The Morgan fingerprint density at radius 2 is 3.00 bits per heavy atom. The number of ether oxygens (including phenoxy) is 1. The van der Waals surface area contributed by atoms with Gasteiger partial charge in [-0.3, -0.25) is 4.79 Å². The largest absolute Gasteiger partial charge is 0.469 e. The minimum absolute atomic E-state index is 1.71. The highest BCUT2D eigenvalue weighted by molar-refractivity contribution is 5.74. The number of esters is 1. The van der Waals surface area contributed by atoms with Crippen LogP contribution >= 0.6 is 0 Å². The molecule has 0 unspecified atom stereocenters. The predicted molar refractivity (Wildman–Crippen MR) is 24.7 cm³/mol. The molecule has 0 aromatic carbocycles. The van der Waals surface area contributed by atoms with E-state index in [1.807, 2.05) is 0 Å². The van der Waals surface area contributed by atoms with Crippen LogP contribution in [0.1, 0.15) is 23.7 Å². The topological polar surface area (TPSA) is 26.3 Å². The van der Waals surface area contributed by atoms with Crippen LogP contribution in [0.2, 0.25) is 0 Å². The zero-order chi connectivity index (χ0) is 12.3. The third-order valence-corrected chi connectivity index (χ3v) is 0.547. The van der Waals surface area contributed by atoms with E-state index in [4.69, 9.17) is 11.0 Å². The van der Waals surface area contributed by atoms with E-state index in [1.165, 1.54) is 0 Å². The van der Waals surface area contributed by atoms with Crippen LogP contribution in [0.4, 0.5) is 0 Å². The molecular formula is C5H8O2. The lowest BCUT2D eigenvalue weighted by Gasteiger charge is -1.89. The highest BCUT2D eigenvalue weighted by atomic mass is 16.5. The Kier molecular flexibility index (Phi) is 0.201. The second-order valence-electron chi connectivity index (χ2n) is 1.01. The lowest BCUT2D eigenvalue weighted by molar-refractivity contribution is -0.142. The van der Waals surface area contributed by atoms with E-state index in [1.54, 1.807) is 0 Å². The molecule has 7 heavy (non-hydrogen) atoms. The van der Waals surface area contributed by atoms with E-state index in [0.717, 1.165) is 0 Å². The first-order valence-electron chi connectivity index (χ1n) is 5.61. The third kappa shape index (κ3) is 0.918. The van der Waals surface area contributed by atoms with Crippen molar-refractivity contribution in [2.24, 2.45) is 5.89 Å². The van der Waals surface area contributed by atoms with Crippen molar-refractivity contribution in [3.05, 3.63) is 0 Å². The molecule has 0 saturated heterocycles. The summed E-state index contributed by atoms with van der Waals surface area (Å²) in [6.07, 6.45) is -5.47. The van der Waals surface area contributed by atoms with Crippen molar-refractivity contribution in [1.29, 1.82) is 0 Å². The Morgan fingerprint density at radius 3 is 3.43 bits per heavy atom. The molecule has 1 aliphatic rings. The van der Waals surface area contributed by atoms with Gasteiger partial charge in [-0.1, -0.05) is 0 Å². The first-order chi connectivity index (χ1) is 6.38. The lowest BCUT2D eigenvalue weighted by atomic mass is 10.4. The molecule has 0 bridgehead atoms. The van der Waals surface area contributed by atoms with Gasteiger partial charge in [-0.25, -0.2) is 0 Å². The van der Waals surface area contributed by atoms with Gasteiger partial charge in [0.05, 0.1) is 17.0 Å². The molecule has 0 aromatic heterocycles. The Bertz CT molecular complexity index is 291. The van der Waals surface area contributed by atoms with Gasteiger partial charge in [0.15, 0.2) is 0 Å². The van der Waals surface area contributed by atoms with Gasteiger partial charge in [0.2, 0.25) is 0 Å². The van der Waals surface area contributed by atoms with Crippen molar-refractivity contribution in [3.8, 4) is 0 Å². The number of methoxy groups -OCH3 is 1. The van der Waals surface area contributed by atoms with Crippen LogP contribution in [0, 0.1) is 5.89 Å². The molecule has 1 fully saturated rings. The van der Waals surface area contributed by atoms with Crippen molar-refractivity contribution < 1.29 is 20.5 Å². The first kappa shape index (κ1) is 0.925. The second kappa shape index (κ2) is 1.52. The molecule has 0 aromatic rings. The Balaban J connectivity index is 2.89. The molecule has 0 amide bonds. The first-order valence-corrected chi connectivity index (χ1v) is 1.61. The van der Waals surface area contributed by atoms with Crippen LogP contribution in [-0.2, 0) is 9.53 Å². The van der Waals surface area contributed by atoms with Gasteiger partial charge < -0.3 is 4.74 Å². The zero-order valence-corrected chi connectivity index (χ0v) is 3.32. The minimum atomic E-state index is -3.10. The van der Waals surface area contributed by atoms with Gasteiger partial charge in [0.25, 0.3) is 0 Å². The summed E-state index contributed by atoms with van der Waals surface area (Å²) in [5.41, 5.74) is 0. The summed E-state index contributed by atoms with van der Waals surface area (Å²) in [7, 11) is -3.10. The van der Waals surface area contributed by atoms with Crippen LogP contribution in [0.3, 0.4) is 0 Å². The SMILES string of the molecule is [2H]C([2H])([2H])OC(=O)C1([2H])C([2H])([2H])C1([2H])[2H]. The van der Waals surface area contributed by atoms with Crippen LogP contribution in [0.5, 0.6) is 0 Å². The van der Waals surface area contributed by atoms with Gasteiger partial charge in [-0.2, -0.15) is 0 Å². The second-order valence-corrected chi connectivity index (χ2v) is 1.01. The zero-order valence-electron chi connectivity index (χ0n) is 11.3. The standard InChI is InChI=1S/C5H8O2/c1-7-5(6)4-2-3-4/h4H,2-3H2,1H3/i1D3,2D2,3D2,4D. The lowest BCUT2D eigenvalue weighted by Crippen LogP contribution is -2.00. The minimum Gasteiger partial charge on any atom is -0.469 e. The van der Waals surface area contributed by atoms with Gasteiger partial charge in [-0.15, -0.1) is 0 Å². The van der Waals surface area contributed by atoms with Crippen molar-refractivity contribution in [1.82, 2.24) is 0 Å². The van der Waals surface area contributed by atoms with Crippen LogP contribution in [0.15, 0.2) is 0 Å². The molecule has 1 saturated carbocycles. The summed E-state index contributed by atoms with van der Waals surface area (Å²) >= 11 is 0. The predicted octanol–water partition coefficient (Wildman–Crippen LogP) is 0.569. The van der Waals surface area contributed by atoms with Crippen molar-refractivity contribution >= 4 is 5.97 Å². The smallest absolute Gasteiger partial charge is 0.308 e. The molecule has 2 heteroatoms. The van der Waals surface area contributed by atoms with Crippen molar-refractivity contribution in [2.75, 3.05) is 7.04 Å². The van der Waals surface area contributed by atoms with Crippen LogP contribution in [0.25, 0.3) is 0 Å². The average molecular weight is 108 g/mol. The summed E-state index contributed by atoms with van der Waals surface area (Å²) < 4.78 is 59.1. The monoisotopic (exact) mass is 108 g/mol. The fourth-order valence-electron chi connectivity index (χ4n) is 0.184. The summed E-state index contributed by atoms with van der Waals surface area (Å²) in [4.78, 5) is 11.1. The van der Waals surface area contributed by atoms with E-state index >= 15 is 0 Å². The van der Waals surface area contributed by atoms with Crippen molar-refractivity contribution in [2.45, 2.75) is 12.7 Å². The maximum absolute atomic E-state index is 11.1. The van der Waals surface area contributed by atoms with E-state index in [-0.39, 0.29) is 0 Å². The normalized spacial score (nSPS) is 56.6. The summed E-state index contributed by atoms with van der Waals surface area (Å²) in [6.45, 7) is 0. The van der Waals surface area contributed by atoms with E-state index in [9.17, 15) is 4.79 Å². The number of carbonyl (C=O) groups is 1. The molecule has 0 atom stereocenters. The number of hydrogen-bond donors (Lipinski definition) is 0. The molecular weight excluding hydrogens is 92.1 g/mol. The fraction of sp³-hybridized carbons (Fsp3) is 0.800. The molecule has 1 rings (SSSR count). The maximum atomic E-state index is 11.1. The van der Waals surface area contributed by atoms with E-state index in [0.29, 0.717) is 0 Å². The fourth-order valence-corrected chi connectivity index (χ4v) is 0.184. The Labute approximate surface area is 53.7 Å². The molecule has 2 nitrogen and oxygen atoms in total. The van der Waals surface area contributed by atoms with Gasteiger partial charge in [0, 0.05) is 6.85 Å². The average Bonchev–Trinajstić information content (AvgIpc) is 2.26. The molecule has 1 aliphatic carbocycles. The van der Waals surface area contributed by atoms with Crippen LogP contribution in [-0.4, -0.2) is 13.0 Å². The molecule has 40 valence electrons. The molecule has 0 heterocycles. The molecule has 0 N–H and O–H groups in total. The molecule has 0 aliphatic heterocycles. The number of rotatable bonds is 1. The molecule has 0 radical (unpaired) electrons. The Hall–Kier alpha value is -0.530. The van der Waals surface area contributed by atoms with Crippen LogP contribution < -0.4 is 0 Å². The third-order valence-electron chi connectivity index (χ3n) is 0.547. The highest BCUT2D eigenvalue weighted by Crippen LogP contribution is 2.29. The van der Waals surface area contributed by atoms with Gasteiger partial charge >= 0.3 is 5.97 Å². The Morgan fingerprint density at radius 1 is 2.29 bits per heavy atom. The van der Waals surface area contributed by atoms with E-state index in [2.05, 4.69) is 4.74 Å².